The Morgan fingerprint density at radius 3 is 3.06 bits per heavy atom. The highest BCUT2D eigenvalue weighted by Gasteiger charge is 2.10. The van der Waals surface area contributed by atoms with Crippen molar-refractivity contribution < 1.29 is 0 Å². The fraction of sp³-hybridized carbons (Fsp3) is 0.500. The van der Waals surface area contributed by atoms with Gasteiger partial charge in [-0.05, 0) is 50.0 Å². The van der Waals surface area contributed by atoms with Crippen LogP contribution in [0.25, 0.3) is 6.08 Å². The average Bonchev–Trinajstić information content (AvgIpc) is 2.38. The van der Waals surface area contributed by atoms with Crippen molar-refractivity contribution in [2.45, 2.75) is 25.8 Å². The molecule has 0 spiro atoms. The van der Waals surface area contributed by atoms with Gasteiger partial charge in [-0.3, -0.25) is 4.98 Å². The predicted octanol–water partition coefficient (Wildman–Crippen LogP) is 1.74. The second-order valence-electron chi connectivity index (χ2n) is 4.57. The van der Waals surface area contributed by atoms with Crippen LogP contribution < -0.4 is 10.6 Å². The lowest BCUT2D eigenvalue weighted by Crippen LogP contribution is -2.39. The molecule has 0 radical (unpaired) electrons. The Hall–Kier alpha value is -1.19. The summed E-state index contributed by atoms with van der Waals surface area (Å²) in [5.41, 5.74) is 2.48. The third kappa shape index (κ3) is 3.95. The molecule has 0 unspecified atom stereocenters. The van der Waals surface area contributed by atoms with Crippen molar-refractivity contribution in [3.05, 3.63) is 35.7 Å². The highest BCUT2D eigenvalue weighted by atomic mass is 15.0. The first-order valence-electron chi connectivity index (χ1n) is 6.37. The van der Waals surface area contributed by atoms with Gasteiger partial charge in [0, 0.05) is 25.0 Å². The van der Waals surface area contributed by atoms with Crippen LogP contribution in [-0.2, 0) is 0 Å². The second kappa shape index (κ2) is 6.52. The van der Waals surface area contributed by atoms with E-state index in [2.05, 4.69) is 34.7 Å². The molecule has 1 aliphatic heterocycles. The third-order valence-corrected chi connectivity index (χ3v) is 3.24. The van der Waals surface area contributed by atoms with Crippen molar-refractivity contribution in [1.29, 1.82) is 0 Å². The van der Waals surface area contributed by atoms with Crippen molar-refractivity contribution >= 4 is 6.08 Å². The van der Waals surface area contributed by atoms with Crippen LogP contribution in [0.1, 0.15) is 24.0 Å². The summed E-state index contributed by atoms with van der Waals surface area (Å²) >= 11 is 0. The molecule has 0 amide bonds. The molecule has 0 aliphatic carbocycles. The Morgan fingerprint density at radius 2 is 2.29 bits per heavy atom. The first-order valence-corrected chi connectivity index (χ1v) is 6.37. The number of aromatic nitrogens is 1. The van der Waals surface area contributed by atoms with Crippen LogP contribution in [0.4, 0.5) is 0 Å². The monoisotopic (exact) mass is 231 g/mol. The Labute approximate surface area is 103 Å². The van der Waals surface area contributed by atoms with Gasteiger partial charge >= 0.3 is 0 Å². The minimum atomic E-state index is 0.677. The highest BCUT2D eigenvalue weighted by molar-refractivity contribution is 5.51. The van der Waals surface area contributed by atoms with Crippen molar-refractivity contribution in [1.82, 2.24) is 15.6 Å². The van der Waals surface area contributed by atoms with Gasteiger partial charge in [0.05, 0.1) is 0 Å². The summed E-state index contributed by atoms with van der Waals surface area (Å²) in [4.78, 5) is 4.13. The van der Waals surface area contributed by atoms with E-state index in [0.717, 1.165) is 19.6 Å². The molecule has 0 aromatic carbocycles. The molecule has 1 aromatic rings. The summed E-state index contributed by atoms with van der Waals surface area (Å²) in [6.45, 7) is 5.34. The first kappa shape index (κ1) is 12.3. The molecule has 1 aromatic heterocycles. The van der Waals surface area contributed by atoms with Gasteiger partial charge in [-0.1, -0.05) is 12.2 Å². The lowest BCUT2D eigenvalue weighted by Gasteiger charge is -2.23. The molecule has 1 saturated heterocycles. The quantitative estimate of drug-likeness (QED) is 0.829. The van der Waals surface area contributed by atoms with Gasteiger partial charge in [0.25, 0.3) is 0 Å². The Morgan fingerprint density at radius 1 is 1.47 bits per heavy atom. The van der Waals surface area contributed by atoms with Crippen LogP contribution in [0.2, 0.25) is 0 Å². The summed E-state index contributed by atoms with van der Waals surface area (Å²) in [7, 11) is 0. The molecule has 0 bridgehead atoms. The highest BCUT2D eigenvalue weighted by Crippen LogP contribution is 2.06. The molecule has 0 atom stereocenters. The molecule has 17 heavy (non-hydrogen) atoms. The number of piperidine rings is 1. The van der Waals surface area contributed by atoms with E-state index in [9.17, 15) is 0 Å². The molecule has 2 heterocycles. The van der Waals surface area contributed by atoms with E-state index in [4.69, 9.17) is 0 Å². The standard InChI is InChI=1S/C14H21N3/c1-12-4-8-16-11-13(12)3-2-7-17-14-5-9-15-10-6-14/h2-4,8,11,14-15,17H,5-7,9-10H2,1H3. The average molecular weight is 231 g/mol. The van der Waals surface area contributed by atoms with Crippen molar-refractivity contribution in [3.63, 3.8) is 0 Å². The normalized spacial score (nSPS) is 17.7. The molecule has 0 saturated carbocycles. The summed E-state index contributed by atoms with van der Waals surface area (Å²) in [5.74, 6) is 0. The minimum Gasteiger partial charge on any atom is -0.317 e. The number of pyridine rings is 1. The van der Waals surface area contributed by atoms with Crippen LogP contribution in [-0.4, -0.2) is 30.7 Å². The fourth-order valence-corrected chi connectivity index (χ4v) is 2.10. The molecule has 1 aliphatic rings. The zero-order chi connectivity index (χ0) is 11.9. The fourth-order valence-electron chi connectivity index (χ4n) is 2.10. The number of rotatable bonds is 4. The first-order chi connectivity index (χ1) is 8.36. The summed E-state index contributed by atoms with van der Waals surface area (Å²) in [5, 5.41) is 6.94. The smallest absolute Gasteiger partial charge is 0.0342 e. The van der Waals surface area contributed by atoms with E-state index in [1.165, 1.54) is 24.0 Å². The van der Waals surface area contributed by atoms with Crippen molar-refractivity contribution in [3.8, 4) is 0 Å². The molecule has 92 valence electrons. The number of aryl methyl sites for hydroxylation is 1. The van der Waals surface area contributed by atoms with Gasteiger partial charge in [0.1, 0.15) is 0 Å². The summed E-state index contributed by atoms with van der Waals surface area (Å²) in [6.07, 6.45) is 10.6. The molecule has 3 nitrogen and oxygen atoms in total. The number of nitrogens with one attached hydrogen (secondary N) is 2. The topological polar surface area (TPSA) is 37.0 Å². The van der Waals surface area contributed by atoms with Gasteiger partial charge in [-0.2, -0.15) is 0 Å². The van der Waals surface area contributed by atoms with E-state index >= 15 is 0 Å². The van der Waals surface area contributed by atoms with Crippen LogP contribution in [0.3, 0.4) is 0 Å². The van der Waals surface area contributed by atoms with Crippen LogP contribution in [0, 0.1) is 6.92 Å². The second-order valence-corrected chi connectivity index (χ2v) is 4.57. The van der Waals surface area contributed by atoms with Crippen LogP contribution in [0.5, 0.6) is 0 Å². The molecular formula is C14H21N3. The van der Waals surface area contributed by atoms with Gasteiger partial charge < -0.3 is 10.6 Å². The van der Waals surface area contributed by atoms with E-state index in [1.807, 2.05) is 18.5 Å². The van der Waals surface area contributed by atoms with Crippen molar-refractivity contribution in [2.75, 3.05) is 19.6 Å². The summed E-state index contributed by atoms with van der Waals surface area (Å²) in [6, 6.07) is 2.72. The molecular weight excluding hydrogens is 210 g/mol. The molecule has 2 rings (SSSR count). The van der Waals surface area contributed by atoms with Gasteiger partial charge in [-0.15, -0.1) is 0 Å². The van der Waals surface area contributed by atoms with Crippen LogP contribution in [0.15, 0.2) is 24.5 Å². The number of hydrogen-bond donors (Lipinski definition) is 2. The lowest BCUT2D eigenvalue weighted by molar-refractivity contribution is 0.400. The van der Waals surface area contributed by atoms with Gasteiger partial charge in [0.15, 0.2) is 0 Å². The zero-order valence-electron chi connectivity index (χ0n) is 10.4. The SMILES string of the molecule is Cc1ccncc1C=CCNC1CCNCC1. The van der Waals surface area contributed by atoms with Crippen molar-refractivity contribution in [2.24, 2.45) is 0 Å². The largest absolute Gasteiger partial charge is 0.317 e. The van der Waals surface area contributed by atoms with Gasteiger partial charge in [-0.25, -0.2) is 0 Å². The predicted molar refractivity (Wildman–Crippen MR) is 71.9 cm³/mol. The Kier molecular flexibility index (Phi) is 4.71. The number of nitrogens with zero attached hydrogens (tertiary/aromatic N) is 1. The van der Waals surface area contributed by atoms with Gasteiger partial charge in [0.2, 0.25) is 0 Å². The Balaban J connectivity index is 1.76. The van der Waals surface area contributed by atoms with E-state index < -0.39 is 0 Å². The minimum absolute atomic E-state index is 0.677. The lowest BCUT2D eigenvalue weighted by atomic mass is 10.1. The van der Waals surface area contributed by atoms with E-state index in [1.54, 1.807) is 0 Å². The van der Waals surface area contributed by atoms with E-state index in [0.29, 0.717) is 6.04 Å². The third-order valence-electron chi connectivity index (χ3n) is 3.24. The molecule has 1 fully saturated rings. The summed E-state index contributed by atoms with van der Waals surface area (Å²) < 4.78 is 0. The van der Waals surface area contributed by atoms with Crippen LogP contribution >= 0.6 is 0 Å². The maximum atomic E-state index is 4.13. The maximum Gasteiger partial charge on any atom is 0.0342 e. The maximum absolute atomic E-state index is 4.13. The molecule has 2 N–H and O–H groups in total. The zero-order valence-corrected chi connectivity index (χ0v) is 10.4. The van der Waals surface area contributed by atoms with E-state index in [-0.39, 0.29) is 0 Å². The number of hydrogen-bond acceptors (Lipinski definition) is 3. The Bertz CT molecular complexity index is 367. The molecule has 3 heteroatoms.